The minimum absolute atomic E-state index is 0.361. The van der Waals surface area contributed by atoms with Crippen molar-refractivity contribution < 1.29 is 13.6 Å². The van der Waals surface area contributed by atoms with E-state index in [-0.39, 0.29) is 0 Å². The largest absolute Gasteiger partial charge is 0.372 e. The number of rotatable bonds is 6. The lowest BCUT2D eigenvalue weighted by Crippen LogP contribution is -1.96. The van der Waals surface area contributed by atoms with E-state index in [1.807, 2.05) is 6.20 Å². The van der Waals surface area contributed by atoms with E-state index < -0.39 is 7.60 Å². The van der Waals surface area contributed by atoms with Gasteiger partial charge in [0.05, 0.1) is 13.2 Å². The van der Waals surface area contributed by atoms with Gasteiger partial charge in [-0.05, 0) is 39.5 Å². The fourth-order valence-corrected chi connectivity index (χ4v) is 2.98. The van der Waals surface area contributed by atoms with Gasteiger partial charge in [-0.15, -0.1) is 0 Å². The second-order valence-electron chi connectivity index (χ2n) is 3.99. The molecule has 17 heavy (non-hydrogen) atoms. The van der Waals surface area contributed by atoms with Crippen molar-refractivity contribution >= 4 is 13.6 Å². The summed E-state index contributed by atoms with van der Waals surface area (Å²) in [5.41, 5.74) is 1.33. The van der Waals surface area contributed by atoms with Gasteiger partial charge >= 0.3 is 7.60 Å². The topological polar surface area (TPSA) is 47.9 Å². The van der Waals surface area contributed by atoms with E-state index >= 15 is 0 Å². The first-order valence-corrected chi connectivity index (χ1v) is 7.92. The van der Waals surface area contributed by atoms with E-state index in [1.54, 1.807) is 13.8 Å². The summed E-state index contributed by atoms with van der Waals surface area (Å²) in [4.78, 5) is 4.10. The number of nitrogens with zero attached hydrogens (tertiary/aromatic N) is 1. The summed E-state index contributed by atoms with van der Waals surface area (Å²) < 4.78 is 22.3. The predicted octanol–water partition coefficient (Wildman–Crippen LogP) is 4.13. The van der Waals surface area contributed by atoms with Crippen LogP contribution in [0.1, 0.15) is 46.0 Å². The fraction of sp³-hybridized carbons (Fsp3) is 0.750. The molecule has 98 valence electrons. The zero-order chi connectivity index (χ0) is 12.6. The van der Waals surface area contributed by atoms with Crippen LogP contribution in [0, 0.1) is 0 Å². The Bertz CT molecular complexity index is 308. The van der Waals surface area contributed by atoms with E-state index in [4.69, 9.17) is 9.05 Å². The highest BCUT2D eigenvalue weighted by Crippen LogP contribution is 2.45. The zero-order valence-electron chi connectivity index (χ0n) is 10.7. The molecule has 0 N–H and O–H groups in total. The zero-order valence-corrected chi connectivity index (χ0v) is 11.6. The maximum atomic E-state index is 12.0. The molecule has 1 fully saturated rings. The van der Waals surface area contributed by atoms with Gasteiger partial charge in [0.15, 0.2) is 0 Å². The molecule has 0 spiro atoms. The molecule has 5 heteroatoms. The summed E-state index contributed by atoms with van der Waals surface area (Å²) in [6, 6.07) is 0. The second kappa shape index (κ2) is 7.80. The van der Waals surface area contributed by atoms with E-state index in [0.717, 1.165) is 12.8 Å². The van der Waals surface area contributed by atoms with Gasteiger partial charge in [-0.25, -0.2) is 0 Å². The Hall–Kier alpha value is -0.440. The molecular weight excluding hydrogens is 237 g/mol. The monoisotopic (exact) mass is 259 g/mol. The fourth-order valence-electron chi connectivity index (χ4n) is 1.82. The lowest BCUT2D eigenvalue weighted by molar-refractivity contribution is 0.233. The Balaban J connectivity index is 2.56. The highest BCUT2D eigenvalue weighted by atomic mass is 31.2. The molecule has 0 aromatic carbocycles. The molecular formula is C12H22NO3P. The Labute approximate surface area is 104 Å². The highest BCUT2D eigenvalue weighted by Gasteiger charge is 2.19. The Morgan fingerprint density at radius 1 is 1.18 bits per heavy atom. The van der Waals surface area contributed by atoms with Crippen molar-refractivity contribution in [2.24, 2.45) is 4.99 Å². The number of allylic oxidation sites excluding steroid dienone is 1. The first kappa shape index (κ1) is 14.6. The van der Waals surface area contributed by atoms with Crippen molar-refractivity contribution in [3.8, 4) is 0 Å². The third kappa shape index (κ3) is 5.62. The number of hydrogen-bond donors (Lipinski definition) is 0. The molecule has 1 aliphatic rings. The van der Waals surface area contributed by atoms with Gasteiger partial charge in [-0.3, -0.25) is 9.56 Å². The lowest BCUT2D eigenvalue weighted by atomic mass is 9.96. The van der Waals surface area contributed by atoms with Gasteiger partial charge in [0.1, 0.15) is 5.96 Å². The van der Waals surface area contributed by atoms with Crippen LogP contribution in [0.15, 0.2) is 16.8 Å². The lowest BCUT2D eigenvalue weighted by Gasteiger charge is -2.13. The molecule has 0 radical (unpaired) electrons. The third-order valence-corrected chi connectivity index (χ3v) is 4.23. The van der Waals surface area contributed by atoms with E-state index in [2.05, 4.69) is 4.99 Å². The number of hydrogen-bond acceptors (Lipinski definition) is 4. The minimum atomic E-state index is -3.12. The molecule has 1 aliphatic carbocycles. The Kier molecular flexibility index (Phi) is 6.71. The quantitative estimate of drug-likeness (QED) is 0.532. The summed E-state index contributed by atoms with van der Waals surface area (Å²) in [6.07, 6.45) is 7.78. The van der Waals surface area contributed by atoms with Crippen LogP contribution in [0.4, 0.5) is 0 Å². The van der Waals surface area contributed by atoms with E-state index in [9.17, 15) is 4.57 Å². The van der Waals surface area contributed by atoms with Crippen molar-refractivity contribution in [3.05, 3.63) is 11.8 Å². The van der Waals surface area contributed by atoms with Gasteiger partial charge in [0.2, 0.25) is 0 Å². The third-order valence-electron chi connectivity index (χ3n) is 2.58. The minimum Gasteiger partial charge on any atom is -0.305 e. The van der Waals surface area contributed by atoms with Crippen molar-refractivity contribution in [3.63, 3.8) is 0 Å². The molecule has 0 saturated heterocycles. The molecule has 0 unspecified atom stereocenters. The maximum Gasteiger partial charge on any atom is 0.372 e. The van der Waals surface area contributed by atoms with E-state index in [0.29, 0.717) is 13.2 Å². The maximum absolute atomic E-state index is 12.0. The smallest absolute Gasteiger partial charge is 0.305 e. The molecule has 0 bridgehead atoms. The van der Waals surface area contributed by atoms with E-state index in [1.165, 1.54) is 30.8 Å². The van der Waals surface area contributed by atoms with Crippen LogP contribution in [0.2, 0.25) is 0 Å². The molecule has 1 saturated carbocycles. The summed E-state index contributed by atoms with van der Waals surface area (Å²) in [7, 11) is -3.12. The first-order chi connectivity index (χ1) is 8.20. The molecule has 4 nitrogen and oxygen atoms in total. The normalized spacial score (nSPS) is 17.6. The van der Waals surface area contributed by atoms with Gasteiger partial charge in [0.25, 0.3) is 0 Å². The molecule has 0 heterocycles. The molecule has 0 aromatic rings. The molecule has 0 aromatic heterocycles. The summed E-state index contributed by atoms with van der Waals surface area (Å²) in [5, 5.41) is 0. The molecule has 0 amide bonds. The summed E-state index contributed by atoms with van der Waals surface area (Å²) >= 11 is 0. The molecule has 0 atom stereocenters. The van der Waals surface area contributed by atoms with Crippen molar-refractivity contribution in [1.82, 2.24) is 0 Å². The second-order valence-corrected chi connectivity index (χ2v) is 5.81. The van der Waals surface area contributed by atoms with Crippen molar-refractivity contribution in [2.75, 3.05) is 13.2 Å². The van der Waals surface area contributed by atoms with Crippen molar-refractivity contribution in [1.29, 1.82) is 0 Å². The molecule has 1 rings (SSSR count). The van der Waals surface area contributed by atoms with Gasteiger partial charge in [0, 0.05) is 6.20 Å². The predicted molar refractivity (Wildman–Crippen MR) is 70.5 cm³/mol. The highest BCUT2D eigenvalue weighted by molar-refractivity contribution is 7.69. The Morgan fingerprint density at radius 3 is 2.29 bits per heavy atom. The standard InChI is InChI=1S/C12H22NO3P/c1-3-15-17(14,16-4-2)11-13-10-12-8-6-5-7-9-12/h10-11H,3-9H2,1-2H3. The average Bonchev–Trinajstić information content (AvgIpc) is 2.31. The SMILES string of the molecule is CCOP(=O)(C=NC=C1CCCCC1)OCC. The van der Waals surface area contributed by atoms with Crippen molar-refractivity contribution in [2.45, 2.75) is 46.0 Å². The van der Waals surface area contributed by atoms with Gasteiger partial charge in [-0.1, -0.05) is 12.0 Å². The summed E-state index contributed by atoms with van der Waals surface area (Å²) in [6.45, 7) is 4.30. The number of aliphatic imine (C=N–C) groups is 1. The van der Waals surface area contributed by atoms with Crippen LogP contribution in [-0.2, 0) is 13.6 Å². The van der Waals surface area contributed by atoms with Gasteiger partial charge < -0.3 is 9.05 Å². The van der Waals surface area contributed by atoms with Gasteiger partial charge in [-0.2, -0.15) is 0 Å². The Morgan fingerprint density at radius 2 is 1.76 bits per heavy atom. The first-order valence-electron chi connectivity index (χ1n) is 6.31. The van der Waals surface area contributed by atoms with Crippen LogP contribution in [0.5, 0.6) is 0 Å². The van der Waals surface area contributed by atoms with Crippen LogP contribution < -0.4 is 0 Å². The average molecular weight is 259 g/mol. The summed E-state index contributed by atoms with van der Waals surface area (Å²) in [5.74, 6) is 1.32. The van der Waals surface area contributed by atoms with Crippen LogP contribution in [0.3, 0.4) is 0 Å². The van der Waals surface area contributed by atoms with Crippen LogP contribution >= 0.6 is 7.60 Å². The molecule has 0 aliphatic heterocycles. The van der Waals surface area contributed by atoms with Crippen LogP contribution in [-0.4, -0.2) is 19.2 Å². The van der Waals surface area contributed by atoms with Crippen LogP contribution in [0.25, 0.3) is 0 Å².